The van der Waals surface area contributed by atoms with E-state index in [1.165, 1.54) is 18.1 Å². The highest BCUT2D eigenvalue weighted by molar-refractivity contribution is 7.98. The molecule has 0 aliphatic carbocycles. The van der Waals surface area contributed by atoms with Crippen LogP contribution in [0.5, 0.6) is 0 Å². The van der Waals surface area contributed by atoms with E-state index >= 15 is 0 Å². The van der Waals surface area contributed by atoms with Crippen molar-refractivity contribution >= 4 is 29.6 Å². The van der Waals surface area contributed by atoms with E-state index in [2.05, 4.69) is 9.97 Å². The number of nitrogens with zero attached hydrogens (tertiary/aromatic N) is 2. The van der Waals surface area contributed by atoms with Gasteiger partial charge in [-0.15, -0.1) is 11.8 Å². The molecule has 0 aliphatic rings. The lowest BCUT2D eigenvalue weighted by atomic mass is 10.4. The minimum Gasteiger partial charge on any atom is -0.298 e. The van der Waals surface area contributed by atoms with Gasteiger partial charge in [-0.2, -0.15) is 0 Å². The van der Waals surface area contributed by atoms with Crippen LogP contribution in [0.15, 0.2) is 11.4 Å². The van der Waals surface area contributed by atoms with Gasteiger partial charge < -0.3 is 0 Å². The van der Waals surface area contributed by atoms with Gasteiger partial charge in [0.05, 0.1) is 5.56 Å². The van der Waals surface area contributed by atoms with Crippen LogP contribution in [0.2, 0.25) is 5.15 Å². The Balaban J connectivity index is 3.24. The molecule has 5 heteroatoms. The number of thioether (sulfide) groups is 1. The van der Waals surface area contributed by atoms with Gasteiger partial charge in [0.2, 0.25) is 0 Å². The number of carbonyl (C=O) groups excluding carboxylic acids is 1. The summed E-state index contributed by atoms with van der Waals surface area (Å²) in [5.41, 5.74) is 0.363. The Morgan fingerprint density at radius 2 is 2.36 bits per heavy atom. The topological polar surface area (TPSA) is 42.9 Å². The van der Waals surface area contributed by atoms with E-state index in [1.807, 2.05) is 6.26 Å². The van der Waals surface area contributed by atoms with Crippen LogP contribution in [0.3, 0.4) is 0 Å². The van der Waals surface area contributed by atoms with Crippen molar-refractivity contribution < 1.29 is 4.79 Å². The maximum atomic E-state index is 10.4. The zero-order chi connectivity index (χ0) is 8.27. The number of hydrogen-bond donors (Lipinski definition) is 0. The second-order valence-corrected chi connectivity index (χ2v) is 2.86. The van der Waals surface area contributed by atoms with Crippen LogP contribution in [0.4, 0.5) is 0 Å². The van der Waals surface area contributed by atoms with Gasteiger partial charge >= 0.3 is 0 Å². The first kappa shape index (κ1) is 8.49. The standard InChI is InChI=1S/C6H5ClN2OS/c1-11-6-4(2-10)5(7)8-3-9-6/h2-3H,1H3. The number of aromatic nitrogens is 2. The number of halogens is 1. The molecule has 0 unspecified atom stereocenters. The first-order valence-electron chi connectivity index (χ1n) is 2.79. The molecule has 0 spiro atoms. The maximum Gasteiger partial charge on any atom is 0.155 e. The van der Waals surface area contributed by atoms with Crippen LogP contribution in [0.25, 0.3) is 0 Å². The molecule has 0 saturated carbocycles. The van der Waals surface area contributed by atoms with Crippen molar-refractivity contribution in [2.75, 3.05) is 6.26 Å². The van der Waals surface area contributed by atoms with E-state index in [1.54, 1.807) is 0 Å². The average Bonchev–Trinajstić information content (AvgIpc) is 2.04. The van der Waals surface area contributed by atoms with E-state index in [0.29, 0.717) is 16.9 Å². The Kier molecular flexibility index (Phi) is 2.84. The Morgan fingerprint density at radius 3 is 2.82 bits per heavy atom. The molecule has 0 bridgehead atoms. The third-order valence-corrected chi connectivity index (χ3v) is 2.12. The normalized spacial score (nSPS) is 9.64. The predicted molar refractivity (Wildman–Crippen MR) is 44.2 cm³/mol. The maximum absolute atomic E-state index is 10.4. The number of rotatable bonds is 2. The summed E-state index contributed by atoms with van der Waals surface area (Å²) in [6.45, 7) is 0. The smallest absolute Gasteiger partial charge is 0.155 e. The van der Waals surface area contributed by atoms with Crippen LogP contribution < -0.4 is 0 Å². The molecule has 11 heavy (non-hydrogen) atoms. The molecule has 0 N–H and O–H groups in total. The number of hydrogen-bond acceptors (Lipinski definition) is 4. The lowest BCUT2D eigenvalue weighted by molar-refractivity contribution is 0.112. The quantitative estimate of drug-likeness (QED) is 0.402. The molecule has 0 aromatic carbocycles. The fourth-order valence-corrected chi connectivity index (χ4v) is 1.37. The highest BCUT2D eigenvalue weighted by Gasteiger charge is 2.06. The molecular weight excluding hydrogens is 184 g/mol. The lowest BCUT2D eigenvalue weighted by Gasteiger charge is -1.98. The van der Waals surface area contributed by atoms with E-state index in [4.69, 9.17) is 11.6 Å². The third-order valence-electron chi connectivity index (χ3n) is 1.11. The molecular formula is C6H5ClN2OS. The van der Waals surface area contributed by atoms with Crippen LogP contribution in [-0.2, 0) is 0 Å². The number of aldehydes is 1. The molecule has 58 valence electrons. The minimum atomic E-state index is 0.208. The molecule has 1 heterocycles. The van der Waals surface area contributed by atoms with Crippen LogP contribution in [0, 0.1) is 0 Å². The lowest BCUT2D eigenvalue weighted by Crippen LogP contribution is -1.92. The summed E-state index contributed by atoms with van der Waals surface area (Å²) in [4.78, 5) is 18.0. The Morgan fingerprint density at radius 1 is 1.64 bits per heavy atom. The Hall–Kier alpha value is -0.610. The van der Waals surface area contributed by atoms with Gasteiger partial charge in [-0.1, -0.05) is 11.6 Å². The second kappa shape index (κ2) is 3.69. The number of carbonyl (C=O) groups is 1. The van der Waals surface area contributed by atoms with Crippen LogP contribution in [0.1, 0.15) is 10.4 Å². The fourth-order valence-electron chi connectivity index (χ4n) is 0.621. The van der Waals surface area contributed by atoms with Crippen molar-refractivity contribution in [1.82, 2.24) is 9.97 Å². The van der Waals surface area contributed by atoms with Crippen molar-refractivity contribution in [2.24, 2.45) is 0 Å². The molecule has 0 amide bonds. The Bertz CT molecular complexity index is 279. The van der Waals surface area contributed by atoms with Gasteiger partial charge in [-0.25, -0.2) is 9.97 Å². The zero-order valence-corrected chi connectivity index (χ0v) is 7.32. The summed E-state index contributed by atoms with van der Waals surface area (Å²) in [6.07, 6.45) is 3.82. The van der Waals surface area contributed by atoms with Gasteiger partial charge in [0, 0.05) is 0 Å². The molecule has 3 nitrogen and oxygen atoms in total. The molecule has 0 atom stereocenters. The van der Waals surface area contributed by atoms with Crippen molar-refractivity contribution in [2.45, 2.75) is 5.03 Å². The fraction of sp³-hybridized carbons (Fsp3) is 0.167. The van der Waals surface area contributed by atoms with Crippen molar-refractivity contribution in [3.05, 3.63) is 17.0 Å². The molecule has 1 aromatic heterocycles. The Labute approximate surface area is 73.2 Å². The summed E-state index contributed by atoms with van der Waals surface area (Å²) < 4.78 is 0. The van der Waals surface area contributed by atoms with E-state index < -0.39 is 0 Å². The van der Waals surface area contributed by atoms with E-state index in [0.717, 1.165) is 0 Å². The van der Waals surface area contributed by atoms with Gasteiger partial charge in [0.1, 0.15) is 16.5 Å². The zero-order valence-electron chi connectivity index (χ0n) is 5.74. The molecule has 0 radical (unpaired) electrons. The average molecular weight is 189 g/mol. The predicted octanol–water partition coefficient (Wildman–Crippen LogP) is 1.66. The first-order chi connectivity index (χ1) is 5.29. The van der Waals surface area contributed by atoms with Crippen LogP contribution >= 0.6 is 23.4 Å². The monoisotopic (exact) mass is 188 g/mol. The SMILES string of the molecule is CSc1ncnc(Cl)c1C=O. The van der Waals surface area contributed by atoms with Crippen molar-refractivity contribution in [1.29, 1.82) is 0 Å². The molecule has 1 rings (SSSR count). The summed E-state index contributed by atoms with van der Waals surface area (Å²) in [5.74, 6) is 0. The largest absolute Gasteiger partial charge is 0.298 e. The van der Waals surface area contributed by atoms with Crippen molar-refractivity contribution in [3.8, 4) is 0 Å². The van der Waals surface area contributed by atoms with Crippen molar-refractivity contribution in [3.63, 3.8) is 0 Å². The molecule has 0 saturated heterocycles. The first-order valence-corrected chi connectivity index (χ1v) is 4.39. The van der Waals surface area contributed by atoms with Crippen LogP contribution in [-0.4, -0.2) is 22.5 Å². The highest BCUT2D eigenvalue weighted by Crippen LogP contribution is 2.20. The van der Waals surface area contributed by atoms with E-state index in [-0.39, 0.29) is 5.15 Å². The third kappa shape index (κ3) is 1.70. The summed E-state index contributed by atoms with van der Waals surface area (Å²) in [7, 11) is 0. The highest BCUT2D eigenvalue weighted by atomic mass is 35.5. The minimum absolute atomic E-state index is 0.208. The molecule has 1 aromatic rings. The summed E-state index contributed by atoms with van der Waals surface area (Å²) >= 11 is 6.98. The van der Waals surface area contributed by atoms with E-state index in [9.17, 15) is 4.79 Å². The van der Waals surface area contributed by atoms with Gasteiger partial charge in [0.15, 0.2) is 6.29 Å². The van der Waals surface area contributed by atoms with Gasteiger partial charge in [0.25, 0.3) is 0 Å². The van der Waals surface area contributed by atoms with Gasteiger partial charge in [-0.3, -0.25) is 4.79 Å². The summed E-state index contributed by atoms with van der Waals surface area (Å²) in [6, 6.07) is 0. The van der Waals surface area contributed by atoms with Gasteiger partial charge in [-0.05, 0) is 6.26 Å². The summed E-state index contributed by atoms with van der Waals surface area (Å²) in [5, 5.41) is 0.819. The molecule has 0 aliphatic heterocycles. The molecule has 0 fully saturated rings. The second-order valence-electron chi connectivity index (χ2n) is 1.71.